The normalized spacial score (nSPS) is 32.1. The van der Waals surface area contributed by atoms with Crippen LogP contribution in [-0.2, 0) is 4.79 Å². The summed E-state index contributed by atoms with van der Waals surface area (Å²) in [4.78, 5) is 10.4. The molecule has 0 amide bonds. The molecule has 56 valence electrons. The number of carboxylic acids is 1. The highest BCUT2D eigenvalue weighted by atomic mass is 16.4. The van der Waals surface area contributed by atoms with Crippen molar-refractivity contribution in [2.45, 2.75) is 19.8 Å². The molecule has 10 heavy (non-hydrogen) atoms. The summed E-state index contributed by atoms with van der Waals surface area (Å²) in [5.74, 6) is -0.437. The molecule has 0 aromatic carbocycles. The molecule has 0 spiro atoms. The van der Waals surface area contributed by atoms with Crippen LogP contribution in [0.25, 0.3) is 0 Å². The van der Waals surface area contributed by atoms with Crippen LogP contribution in [0.5, 0.6) is 0 Å². The number of allylic oxidation sites excluding steroid dienone is 2. The first kappa shape index (κ1) is 7.32. The number of hydrogen-bond acceptors (Lipinski definition) is 1. The van der Waals surface area contributed by atoms with Gasteiger partial charge in [0.25, 0.3) is 0 Å². The van der Waals surface area contributed by atoms with E-state index < -0.39 is 5.97 Å². The fourth-order valence-electron chi connectivity index (χ4n) is 1.31. The van der Waals surface area contributed by atoms with E-state index in [0.717, 1.165) is 12.8 Å². The molecule has 1 fully saturated rings. The van der Waals surface area contributed by atoms with Crippen LogP contribution in [0, 0.1) is 11.8 Å². The maximum absolute atomic E-state index is 10.4. The molecule has 1 rings (SSSR count). The number of carboxylic acid groups (broad SMARTS) is 1. The zero-order valence-electron chi connectivity index (χ0n) is 6.08. The van der Waals surface area contributed by atoms with Crippen molar-refractivity contribution >= 4 is 5.97 Å². The van der Waals surface area contributed by atoms with Gasteiger partial charge in [0.15, 0.2) is 0 Å². The Bertz CT molecular complexity index is 161. The van der Waals surface area contributed by atoms with Crippen LogP contribution in [0.3, 0.4) is 0 Å². The summed E-state index contributed by atoms with van der Waals surface area (Å²) in [5, 5.41) is 8.60. The maximum Gasteiger partial charge on any atom is 0.307 e. The fraction of sp³-hybridized carbons (Fsp3) is 0.625. The zero-order chi connectivity index (χ0) is 7.56. The van der Waals surface area contributed by atoms with Crippen molar-refractivity contribution in [2.24, 2.45) is 11.8 Å². The van der Waals surface area contributed by atoms with Crippen molar-refractivity contribution in [2.75, 3.05) is 0 Å². The lowest BCUT2D eigenvalue weighted by Crippen LogP contribution is -2.31. The quantitative estimate of drug-likeness (QED) is 0.592. The third-order valence-electron chi connectivity index (χ3n) is 2.08. The molecule has 1 N–H and O–H groups in total. The average Bonchev–Trinajstić information content (AvgIpc) is 1.78. The third kappa shape index (κ3) is 1.20. The van der Waals surface area contributed by atoms with Gasteiger partial charge >= 0.3 is 5.97 Å². The number of aliphatic carboxylic acids is 1. The minimum absolute atomic E-state index is 0.101. The van der Waals surface area contributed by atoms with Crippen LogP contribution in [0.15, 0.2) is 12.2 Å². The molecule has 0 bridgehead atoms. The van der Waals surface area contributed by atoms with Crippen molar-refractivity contribution in [3.63, 3.8) is 0 Å². The van der Waals surface area contributed by atoms with Crippen molar-refractivity contribution < 1.29 is 9.90 Å². The van der Waals surface area contributed by atoms with Crippen molar-refractivity contribution in [3.8, 4) is 0 Å². The third-order valence-corrected chi connectivity index (χ3v) is 2.08. The van der Waals surface area contributed by atoms with Gasteiger partial charge in [-0.25, -0.2) is 0 Å². The van der Waals surface area contributed by atoms with Crippen molar-refractivity contribution in [1.82, 2.24) is 0 Å². The standard InChI is InChI=1S/C8H12O2/c1-2-3-6-4-5-7(6)8(9)10/h2-3,6-7H,4-5H2,1H3,(H,9,10). The van der Waals surface area contributed by atoms with E-state index in [9.17, 15) is 4.79 Å². The molecule has 0 radical (unpaired) electrons. The monoisotopic (exact) mass is 140 g/mol. The van der Waals surface area contributed by atoms with Gasteiger partial charge in [0, 0.05) is 0 Å². The van der Waals surface area contributed by atoms with Gasteiger partial charge in [-0.2, -0.15) is 0 Å². The molecule has 2 unspecified atom stereocenters. The highest BCUT2D eigenvalue weighted by Crippen LogP contribution is 2.35. The second-order valence-electron chi connectivity index (χ2n) is 2.71. The lowest BCUT2D eigenvalue weighted by molar-refractivity contribution is -0.146. The zero-order valence-corrected chi connectivity index (χ0v) is 6.08. The Labute approximate surface area is 60.6 Å². The van der Waals surface area contributed by atoms with Crippen molar-refractivity contribution in [1.29, 1.82) is 0 Å². The van der Waals surface area contributed by atoms with Gasteiger partial charge in [-0.1, -0.05) is 12.2 Å². The van der Waals surface area contributed by atoms with Gasteiger partial charge in [0.1, 0.15) is 0 Å². The van der Waals surface area contributed by atoms with Gasteiger partial charge in [-0.15, -0.1) is 0 Å². The summed E-state index contributed by atoms with van der Waals surface area (Å²) in [5.41, 5.74) is 0. The summed E-state index contributed by atoms with van der Waals surface area (Å²) in [6.45, 7) is 1.93. The van der Waals surface area contributed by atoms with Gasteiger partial charge in [0.05, 0.1) is 5.92 Å². The fourth-order valence-corrected chi connectivity index (χ4v) is 1.31. The van der Waals surface area contributed by atoms with Crippen LogP contribution in [0.1, 0.15) is 19.8 Å². The van der Waals surface area contributed by atoms with E-state index in [1.165, 1.54) is 0 Å². The second kappa shape index (κ2) is 2.86. The summed E-state index contributed by atoms with van der Waals surface area (Å²) in [7, 11) is 0. The van der Waals surface area contributed by atoms with E-state index in [1.807, 2.05) is 19.1 Å². The molecule has 0 saturated heterocycles. The minimum Gasteiger partial charge on any atom is -0.481 e. The molecular weight excluding hydrogens is 128 g/mol. The largest absolute Gasteiger partial charge is 0.481 e. The number of hydrogen-bond donors (Lipinski definition) is 1. The van der Waals surface area contributed by atoms with Crippen molar-refractivity contribution in [3.05, 3.63) is 12.2 Å². The van der Waals surface area contributed by atoms with E-state index in [2.05, 4.69) is 0 Å². The Kier molecular flexibility index (Phi) is 2.10. The van der Waals surface area contributed by atoms with Crippen LogP contribution < -0.4 is 0 Å². The Hall–Kier alpha value is -0.790. The molecule has 2 atom stereocenters. The first-order valence-corrected chi connectivity index (χ1v) is 3.61. The molecule has 0 heterocycles. The Morgan fingerprint density at radius 1 is 1.60 bits per heavy atom. The van der Waals surface area contributed by atoms with Crippen LogP contribution in [0.2, 0.25) is 0 Å². The molecule has 1 aliphatic carbocycles. The number of rotatable bonds is 2. The maximum atomic E-state index is 10.4. The summed E-state index contributed by atoms with van der Waals surface area (Å²) >= 11 is 0. The first-order valence-electron chi connectivity index (χ1n) is 3.61. The average molecular weight is 140 g/mol. The van der Waals surface area contributed by atoms with Gasteiger partial charge in [-0.3, -0.25) is 4.79 Å². The van der Waals surface area contributed by atoms with E-state index in [1.54, 1.807) is 0 Å². The smallest absolute Gasteiger partial charge is 0.307 e. The van der Waals surface area contributed by atoms with Gasteiger partial charge in [0.2, 0.25) is 0 Å². The molecule has 2 nitrogen and oxygen atoms in total. The molecule has 0 aromatic heterocycles. The Morgan fingerprint density at radius 2 is 2.30 bits per heavy atom. The molecule has 0 aliphatic heterocycles. The molecule has 2 heteroatoms. The number of carbonyl (C=O) groups is 1. The minimum atomic E-state index is -0.644. The second-order valence-corrected chi connectivity index (χ2v) is 2.71. The predicted octanol–water partition coefficient (Wildman–Crippen LogP) is 1.67. The van der Waals surface area contributed by atoms with Crippen LogP contribution in [0.4, 0.5) is 0 Å². The van der Waals surface area contributed by atoms with Crippen LogP contribution >= 0.6 is 0 Å². The Morgan fingerprint density at radius 3 is 2.60 bits per heavy atom. The van der Waals surface area contributed by atoms with Gasteiger partial charge < -0.3 is 5.11 Å². The summed E-state index contributed by atoms with van der Waals surface area (Å²) in [6, 6.07) is 0. The summed E-state index contributed by atoms with van der Waals surface area (Å²) in [6.07, 6.45) is 5.81. The molecule has 1 aliphatic rings. The highest BCUT2D eigenvalue weighted by Gasteiger charge is 2.34. The first-order chi connectivity index (χ1) is 4.75. The molecule has 0 aromatic rings. The van der Waals surface area contributed by atoms with E-state index >= 15 is 0 Å². The van der Waals surface area contributed by atoms with E-state index in [-0.39, 0.29) is 5.92 Å². The Balaban J connectivity index is 2.43. The SMILES string of the molecule is CC=CC1CCC1C(=O)O. The lowest BCUT2D eigenvalue weighted by atomic mass is 9.73. The molecular formula is C8H12O2. The highest BCUT2D eigenvalue weighted by molar-refractivity contribution is 5.71. The lowest BCUT2D eigenvalue weighted by Gasteiger charge is -2.30. The van der Waals surface area contributed by atoms with E-state index in [0.29, 0.717) is 5.92 Å². The van der Waals surface area contributed by atoms with Gasteiger partial charge in [-0.05, 0) is 25.7 Å². The molecule has 1 saturated carbocycles. The predicted molar refractivity (Wildman–Crippen MR) is 38.7 cm³/mol. The topological polar surface area (TPSA) is 37.3 Å². The van der Waals surface area contributed by atoms with E-state index in [4.69, 9.17) is 5.11 Å². The van der Waals surface area contributed by atoms with Crippen LogP contribution in [-0.4, -0.2) is 11.1 Å². The summed E-state index contributed by atoms with van der Waals surface area (Å²) < 4.78 is 0.